The summed E-state index contributed by atoms with van der Waals surface area (Å²) in [7, 11) is 0. The number of carbonyl (C=O) groups excluding carboxylic acids is 2. The van der Waals surface area contributed by atoms with E-state index in [1.54, 1.807) is 0 Å². The zero-order valence-electron chi connectivity index (χ0n) is 15.2. The first-order chi connectivity index (χ1) is 11.1. The predicted molar refractivity (Wildman–Crippen MR) is 89.6 cm³/mol. The molecule has 2 saturated heterocycles. The third-order valence-electron chi connectivity index (χ3n) is 7.25. The van der Waals surface area contributed by atoms with E-state index in [-0.39, 0.29) is 46.3 Å². The van der Waals surface area contributed by atoms with Gasteiger partial charge in [0.15, 0.2) is 5.78 Å². The summed E-state index contributed by atoms with van der Waals surface area (Å²) in [5, 5.41) is 0. The van der Waals surface area contributed by atoms with Crippen LogP contribution in [0.1, 0.15) is 59.8 Å². The molecule has 6 unspecified atom stereocenters. The van der Waals surface area contributed by atoms with Crippen LogP contribution in [-0.4, -0.2) is 35.0 Å². The lowest BCUT2D eigenvalue weighted by Crippen LogP contribution is -2.47. The van der Waals surface area contributed by atoms with Crippen LogP contribution in [0.15, 0.2) is 12.2 Å². The SMILES string of the molecule is C=C1C(=O)CC2CC3OC3(C)CCC3OC3(C)CC(=O)C1C2(C)C. The summed E-state index contributed by atoms with van der Waals surface area (Å²) in [5.74, 6) is -0.0575. The average molecular weight is 332 g/mol. The van der Waals surface area contributed by atoms with Gasteiger partial charge in [0.05, 0.1) is 29.3 Å². The molecule has 6 atom stereocenters. The molecule has 2 aliphatic carbocycles. The van der Waals surface area contributed by atoms with Gasteiger partial charge < -0.3 is 9.47 Å². The van der Waals surface area contributed by atoms with Gasteiger partial charge in [0.2, 0.25) is 0 Å². The molecule has 2 bridgehead atoms. The van der Waals surface area contributed by atoms with Crippen LogP contribution >= 0.6 is 0 Å². The minimum Gasteiger partial charge on any atom is -0.366 e. The zero-order chi connectivity index (χ0) is 17.5. The van der Waals surface area contributed by atoms with Crippen molar-refractivity contribution in [2.45, 2.75) is 83.2 Å². The number of rotatable bonds is 0. The summed E-state index contributed by atoms with van der Waals surface area (Å²) < 4.78 is 11.9. The number of hydrogen-bond acceptors (Lipinski definition) is 4. The first-order valence-corrected chi connectivity index (χ1v) is 9.17. The summed E-state index contributed by atoms with van der Waals surface area (Å²) in [6, 6.07) is 0. The highest BCUT2D eigenvalue weighted by atomic mass is 16.6. The maximum Gasteiger partial charge on any atom is 0.159 e. The number of Topliss-reactive ketones (excluding diaryl/α,β-unsaturated/α-hetero) is 2. The van der Waals surface area contributed by atoms with Crippen LogP contribution in [0.3, 0.4) is 0 Å². The quantitative estimate of drug-likeness (QED) is 0.505. The Morgan fingerprint density at radius 3 is 2.42 bits per heavy atom. The molecule has 0 aromatic carbocycles. The van der Waals surface area contributed by atoms with Gasteiger partial charge in [-0.05, 0) is 50.0 Å². The van der Waals surface area contributed by atoms with Crippen molar-refractivity contribution in [1.82, 2.24) is 0 Å². The standard InChI is InChI=1S/C20H28O4/c1-11-13(21)8-12-9-16-19(4,24-16)7-6-15-20(5,23-15)10-14(22)17(11)18(12,2)3/h12,15-17H,1,6-10H2,2-5H3. The van der Waals surface area contributed by atoms with E-state index in [0.29, 0.717) is 18.4 Å². The Hall–Kier alpha value is -1.00. The predicted octanol–water partition coefficient (Wildman–Crippen LogP) is 3.23. The first-order valence-electron chi connectivity index (χ1n) is 9.17. The van der Waals surface area contributed by atoms with Gasteiger partial charge in [-0.25, -0.2) is 0 Å². The molecule has 24 heavy (non-hydrogen) atoms. The summed E-state index contributed by atoms with van der Waals surface area (Å²) in [6.45, 7) is 12.4. The normalized spacial score (nSPS) is 50.2. The van der Waals surface area contributed by atoms with Crippen LogP contribution in [0.5, 0.6) is 0 Å². The van der Waals surface area contributed by atoms with Crippen molar-refractivity contribution in [2.75, 3.05) is 0 Å². The molecule has 2 saturated carbocycles. The second kappa shape index (κ2) is 4.79. The lowest BCUT2D eigenvalue weighted by Gasteiger charge is -2.45. The molecule has 0 amide bonds. The van der Waals surface area contributed by atoms with E-state index >= 15 is 0 Å². The van der Waals surface area contributed by atoms with Crippen molar-refractivity contribution in [3.63, 3.8) is 0 Å². The van der Waals surface area contributed by atoms with Crippen molar-refractivity contribution < 1.29 is 19.1 Å². The van der Waals surface area contributed by atoms with Gasteiger partial charge in [0.25, 0.3) is 0 Å². The van der Waals surface area contributed by atoms with Crippen molar-refractivity contribution in [1.29, 1.82) is 0 Å². The molecule has 2 aliphatic heterocycles. The topological polar surface area (TPSA) is 59.2 Å². The van der Waals surface area contributed by atoms with E-state index < -0.39 is 5.92 Å². The largest absolute Gasteiger partial charge is 0.366 e. The van der Waals surface area contributed by atoms with Crippen molar-refractivity contribution in [2.24, 2.45) is 17.3 Å². The highest BCUT2D eigenvalue weighted by Gasteiger charge is 2.61. The van der Waals surface area contributed by atoms with Gasteiger partial charge in [-0.2, -0.15) is 0 Å². The fourth-order valence-electron chi connectivity index (χ4n) is 5.20. The van der Waals surface area contributed by atoms with Gasteiger partial charge in [-0.3, -0.25) is 9.59 Å². The summed E-state index contributed by atoms with van der Waals surface area (Å²) in [6.07, 6.45) is 3.96. The average Bonchev–Trinajstić information content (AvgIpc) is 3.30. The monoisotopic (exact) mass is 332 g/mol. The van der Waals surface area contributed by atoms with E-state index in [4.69, 9.17) is 9.47 Å². The van der Waals surface area contributed by atoms with E-state index in [1.807, 2.05) is 6.92 Å². The molecule has 0 aromatic heterocycles. The summed E-state index contributed by atoms with van der Waals surface area (Å²) in [4.78, 5) is 25.6. The number of ketones is 2. The first kappa shape index (κ1) is 16.5. The van der Waals surface area contributed by atoms with Crippen LogP contribution in [-0.2, 0) is 19.1 Å². The number of epoxide rings is 2. The fourth-order valence-corrected chi connectivity index (χ4v) is 5.20. The molecular formula is C20H28O4. The van der Waals surface area contributed by atoms with Crippen molar-refractivity contribution in [3.8, 4) is 0 Å². The zero-order valence-corrected chi connectivity index (χ0v) is 15.2. The third-order valence-corrected chi connectivity index (χ3v) is 7.25. The minimum atomic E-state index is -0.394. The number of carbonyl (C=O) groups is 2. The molecular weight excluding hydrogens is 304 g/mol. The smallest absolute Gasteiger partial charge is 0.159 e. The maximum atomic E-state index is 13.1. The second-order valence-electron chi connectivity index (χ2n) is 9.36. The summed E-state index contributed by atoms with van der Waals surface area (Å²) in [5.41, 5.74) is -0.226. The Kier molecular flexibility index (Phi) is 3.29. The summed E-state index contributed by atoms with van der Waals surface area (Å²) >= 11 is 0. The molecule has 132 valence electrons. The van der Waals surface area contributed by atoms with E-state index in [2.05, 4.69) is 27.4 Å². The Balaban J connectivity index is 1.70. The van der Waals surface area contributed by atoms with E-state index in [0.717, 1.165) is 19.3 Å². The van der Waals surface area contributed by atoms with Crippen LogP contribution < -0.4 is 0 Å². The molecule has 0 N–H and O–H groups in total. The Bertz CT molecular complexity index is 636. The lowest BCUT2D eigenvalue weighted by molar-refractivity contribution is -0.134. The van der Waals surface area contributed by atoms with Crippen LogP contribution in [0.25, 0.3) is 0 Å². The fraction of sp³-hybridized carbons (Fsp3) is 0.800. The van der Waals surface area contributed by atoms with Crippen LogP contribution in [0, 0.1) is 17.3 Å². The van der Waals surface area contributed by atoms with Crippen LogP contribution in [0.2, 0.25) is 0 Å². The van der Waals surface area contributed by atoms with E-state index in [1.165, 1.54) is 0 Å². The third kappa shape index (κ3) is 2.33. The number of allylic oxidation sites excluding steroid dienone is 1. The maximum absolute atomic E-state index is 13.1. The molecule has 4 rings (SSSR count). The second-order valence-corrected chi connectivity index (χ2v) is 9.36. The highest BCUT2D eigenvalue weighted by molar-refractivity contribution is 6.03. The molecule has 0 radical (unpaired) electrons. The van der Waals surface area contributed by atoms with E-state index in [9.17, 15) is 9.59 Å². The number of fused-ring (bicyclic) bond motifs is 4. The molecule has 0 aromatic rings. The van der Waals surface area contributed by atoms with Crippen molar-refractivity contribution in [3.05, 3.63) is 12.2 Å². The number of ether oxygens (including phenoxy) is 2. The highest BCUT2D eigenvalue weighted by Crippen LogP contribution is 2.56. The van der Waals surface area contributed by atoms with Crippen LogP contribution in [0.4, 0.5) is 0 Å². The lowest BCUT2D eigenvalue weighted by atomic mass is 9.57. The Labute approximate surface area is 144 Å². The Morgan fingerprint density at radius 2 is 1.71 bits per heavy atom. The molecule has 4 aliphatic rings. The molecule has 2 heterocycles. The van der Waals surface area contributed by atoms with Gasteiger partial charge in [0.1, 0.15) is 5.78 Å². The number of hydrogen-bond donors (Lipinski definition) is 0. The molecule has 4 nitrogen and oxygen atoms in total. The molecule has 4 heteroatoms. The Morgan fingerprint density at radius 1 is 1.04 bits per heavy atom. The molecule has 0 spiro atoms. The van der Waals surface area contributed by atoms with Gasteiger partial charge >= 0.3 is 0 Å². The van der Waals surface area contributed by atoms with Gasteiger partial charge in [0, 0.05) is 12.8 Å². The molecule has 4 fully saturated rings. The van der Waals surface area contributed by atoms with Gasteiger partial charge in [-0.1, -0.05) is 20.4 Å². The van der Waals surface area contributed by atoms with Gasteiger partial charge in [-0.15, -0.1) is 0 Å². The van der Waals surface area contributed by atoms with Crippen molar-refractivity contribution >= 4 is 11.6 Å². The minimum absolute atomic E-state index is 0.0514.